The SMILES string of the molecule is COC(C)OCCO[C]=O. The largest absolute Gasteiger partial charge is 0.455 e. The molecule has 0 bridgehead atoms. The lowest BCUT2D eigenvalue weighted by atomic mass is 10.7. The Hall–Kier alpha value is -0.610. The van der Waals surface area contributed by atoms with Gasteiger partial charge in [0.25, 0.3) is 0 Å². The van der Waals surface area contributed by atoms with Gasteiger partial charge in [-0.25, -0.2) is 4.79 Å². The Bertz CT molecular complexity index is 83.8. The summed E-state index contributed by atoms with van der Waals surface area (Å²) in [6.07, 6.45) is -0.254. The van der Waals surface area contributed by atoms with Crippen molar-refractivity contribution in [1.82, 2.24) is 0 Å². The summed E-state index contributed by atoms with van der Waals surface area (Å²) in [7, 11) is 1.54. The van der Waals surface area contributed by atoms with Crippen molar-refractivity contribution in [3.63, 3.8) is 0 Å². The predicted molar refractivity (Wildman–Crippen MR) is 34.1 cm³/mol. The normalized spacial score (nSPS) is 12.6. The van der Waals surface area contributed by atoms with Crippen LogP contribution in [0.15, 0.2) is 0 Å². The molecule has 0 N–H and O–H groups in total. The van der Waals surface area contributed by atoms with Crippen LogP contribution in [-0.4, -0.2) is 33.1 Å². The van der Waals surface area contributed by atoms with Crippen LogP contribution in [0.1, 0.15) is 6.92 Å². The van der Waals surface area contributed by atoms with Gasteiger partial charge in [0.05, 0.1) is 6.61 Å². The maximum Gasteiger partial charge on any atom is 0.417 e. The second kappa shape index (κ2) is 6.51. The summed E-state index contributed by atoms with van der Waals surface area (Å²) < 4.78 is 14.0. The molecule has 0 aliphatic carbocycles. The minimum absolute atomic E-state index is 0.219. The van der Waals surface area contributed by atoms with E-state index in [1.807, 2.05) is 0 Å². The third-order valence-corrected chi connectivity index (χ3v) is 0.929. The van der Waals surface area contributed by atoms with E-state index in [9.17, 15) is 4.79 Å². The molecule has 0 heterocycles. The molecule has 0 aromatic heterocycles. The van der Waals surface area contributed by atoms with Crippen LogP contribution in [0, 0.1) is 0 Å². The Morgan fingerprint density at radius 1 is 1.50 bits per heavy atom. The van der Waals surface area contributed by atoms with Gasteiger partial charge in [-0.05, 0) is 6.92 Å². The van der Waals surface area contributed by atoms with E-state index < -0.39 is 0 Å². The zero-order chi connectivity index (χ0) is 7.82. The Morgan fingerprint density at radius 3 is 2.70 bits per heavy atom. The lowest BCUT2D eigenvalue weighted by Crippen LogP contribution is -2.14. The number of methoxy groups -OCH3 is 1. The molecule has 0 rings (SSSR count). The molecule has 0 fully saturated rings. The maximum atomic E-state index is 9.49. The van der Waals surface area contributed by atoms with Gasteiger partial charge in [-0.15, -0.1) is 0 Å². The molecule has 4 nitrogen and oxygen atoms in total. The summed E-state index contributed by atoms with van der Waals surface area (Å²) >= 11 is 0. The summed E-state index contributed by atoms with van der Waals surface area (Å²) in [6.45, 7) is 3.60. The van der Waals surface area contributed by atoms with Crippen molar-refractivity contribution in [2.75, 3.05) is 20.3 Å². The summed E-state index contributed by atoms with van der Waals surface area (Å²) in [4.78, 5) is 9.49. The summed E-state index contributed by atoms with van der Waals surface area (Å²) in [5.74, 6) is 0. The average Bonchev–Trinajstić information content (AvgIpc) is 1.98. The molecule has 0 aliphatic rings. The van der Waals surface area contributed by atoms with Crippen LogP contribution in [0.3, 0.4) is 0 Å². The van der Waals surface area contributed by atoms with Gasteiger partial charge in [0.15, 0.2) is 6.29 Å². The van der Waals surface area contributed by atoms with Gasteiger partial charge in [-0.2, -0.15) is 0 Å². The fraction of sp³-hybridized carbons (Fsp3) is 0.833. The van der Waals surface area contributed by atoms with E-state index in [4.69, 9.17) is 9.47 Å². The van der Waals surface area contributed by atoms with Crippen molar-refractivity contribution >= 4 is 6.47 Å². The van der Waals surface area contributed by atoms with E-state index in [0.717, 1.165) is 0 Å². The highest BCUT2D eigenvalue weighted by molar-refractivity contribution is 5.37. The zero-order valence-corrected chi connectivity index (χ0v) is 6.12. The summed E-state index contributed by atoms with van der Waals surface area (Å²) in [6, 6.07) is 0. The highest BCUT2D eigenvalue weighted by Crippen LogP contribution is 1.88. The number of hydrogen-bond acceptors (Lipinski definition) is 4. The maximum absolute atomic E-state index is 9.49. The van der Waals surface area contributed by atoms with Crippen molar-refractivity contribution in [1.29, 1.82) is 0 Å². The van der Waals surface area contributed by atoms with Crippen molar-refractivity contribution in [2.45, 2.75) is 13.2 Å². The molecule has 0 aliphatic heterocycles. The standard InChI is InChI=1S/C6H11O4/c1-6(8-2)10-4-3-9-5-7/h6H,3-4H2,1-2H3. The molecule has 4 heteroatoms. The molecular weight excluding hydrogens is 136 g/mol. The van der Waals surface area contributed by atoms with Gasteiger partial charge in [0, 0.05) is 7.11 Å². The number of carbonyl (C=O) groups excluding carboxylic acids is 1. The van der Waals surface area contributed by atoms with Gasteiger partial charge in [-0.3, -0.25) is 0 Å². The fourth-order valence-corrected chi connectivity index (χ4v) is 0.365. The van der Waals surface area contributed by atoms with E-state index in [-0.39, 0.29) is 12.9 Å². The molecule has 1 radical (unpaired) electrons. The minimum atomic E-state index is -0.254. The molecule has 0 amide bonds. The molecule has 0 aromatic carbocycles. The molecular formula is C6H11O4. The van der Waals surface area contributed by atoms with Gasteiger partial charge in [0.1, 0.15) is 6.61 Å². The van der Waals surface area contributed by atoms with Crippen molar-refractivity contribution in [2.24, 2.45) is 0 Å². The molecule has 1 atom stereocenters. The average molecular weight is 147 g/mol. The highest BCUT2D eigenvalue weighted by Gasteiger charge is 1.96. The van der Waals surface area contributed by atoms with Gasteiger partial charge in [-0.1, -0.05) is 0 Å². The molecule has 0 aromatic rings. The highest BCUT2D eigenvalue weighted by atomic mass is 16.7. The smallest absolute Gasteiger partial charge is 0.417 e. The van der Waals surface area contributed by atoms with Crippen molar-refractivity contribution in [3.8, 4) is 0 Å². The Balaban J connectivity index is 2.95. The zero-order valence-electron chi connectivity index (χ0n) is 6.12. The Morgan fingerprint density at radius 2 is 2.20 bits per heavy atom. The van der Waals surface area contributed by atoms with E-state index in [1.54, 1.807) is 6.92 Å². The third-order valence-electron chi connectivity index (χ3n) is 0.929. The lowest BCUT2D eigenvalue weighted by Gasteiger charge is -2.08. The first-order valence-electron chi connectivity index (χ1n) is 2.94. The first kappa shape index (κ1) is 9.39. The topological polar surface area (TPSA) is 44.8 Å². The van der Waals surface area contributed by atoms with Crippen LogP contribution >= 0.6 is 0 Å². The van der Waals surface area contributed by atoms with Crippen molar-refractivity contribution < 1.29 is 19.0 Å². The number of ether oxygens (including phenoxy) is 3. The molecule has 0 saturated heterocycles. The Kier molecular flexibility index (Phi) is 6.11. The van der Waals surface area contributed by atoms with E-state index in [2.05, 4.69) is 4.74 Å². The minimum Gasteiger partial charge on any atom is -0.455 e. The fourth-order valence-electron chi connectivity index (χ4n) is 0.365. The molecule has 0 spiro atoms. The van der Waals surface area contributed by atoms with Gasteiger partial charge >= 0.3 is 6.47 Å². The molecule has 59 valence electrons. The Labute approximate surface area is 60.1 Å². The molecule has 1 unspecified atom stereocenters. The first-order valence-corrected chi connectivity index (χ1v) is 2.94. The monoisotopic (exact) mass is 147 g/mol. The van der Waals surface area contributed by atoms with Crippen LogP contribution in [0.2, 0.25) is 0 Å². The van der Waals surface area contributed by atoms with Crippen LogP contribution < -0.4 is 0 Å². The summed E-state index contributed by atoms with van der Waals surface area (Å²) in [5, 5.41) is 0. The van der Waals surface area contributed by atoms with Crippen LogP contribution in [-0.2, 0) is 19.0 Å². The summed E-state index contributed by atoms with van der Waals surface area (Å²) in [5.41, 5.74) is 0. The second-order valence-electron chi connectivity index (χ2n) is 1.61. The third kappa shape index (κ3) is 5.53. The van der Waals surface area contributed by atoms with Crippen LogP contribution in [0.5, 0.6) is 0 Å². The second-order valence-corrected chi connectivity index (χ2v) is 1.61. The first-order chi connectivity index (χ1) is 4.81. The van der Waals surface area contributed by atoms with Gasteiger partial charge < -0.3 is 14.2 Å². The van der Waals surface area contributed by atoms with E-state index >= 15 is 0 Å². The van der Waals surface area contributed by atoms with Crippen LogP contribution in [0.25, 0.3) is 0 Å². The van der Waals surface area contributed by atoms with E-state index in [1.165, 1.54) is 13.6 Å². The van der Waals surface area contributed by atoms with Gasteiger partial charge in [0.2, 0.25) is 0 Å². The molecule has 0 saturated carbocycles. The number of hydrogen-bond donors (Lipinski definition) is 0. The number of rotatable bonds is 6. The quantitative estimate of drug-likeness (QED) is 0.394. The predicted octanol–water partition coefficient (Wildman–Crippen LogP) is 0.0792. The van der Waals surface area contributed by atoms with Crippen LogP contribution in [0.4, 0.5) is 0 Å². The van der Waals surface area contributed by atoms with Crippen molar-refractivity contribution in [3.05, 3.63) is 0 Å². The van der Waals surface area contributed by atoms with E-state index in [0.29, 0.717) is 6.61 Å². The molecule has 10 heavy (non-hydrogen) atoms. The lowest BCUT2D eigenvalue weighted by molar-refractivity contribution is -0.116.